The number of Topliss-reactive ketones (excluding diaryl/α,β-unsaturated/α-hetero) is 1. The van der Waals surface area contributed by atoms with Crippen molar-refractivity contribution in [2.75, 3.05) is 20.3 Å². The number of esters is 1. The number of hydrogen-bond donors (Lipinski definition) is 0. The zero-order valence-corrected chi connectivity index (χ0v) is 17.4. The smallest absolute Gasteiger partial charge is 0.310 e. The molecule has 0 saturated carbocycles. The van der Waals surface area contributed by atoms with Crippen LogP contribution in [0.15, 0.2) is 12.4 Å². The van der Waals surface area contributed by atoms with Crippen LogP contribution < -0.4 is 0 Å². The highest BCUT2D eigenvalue weighted by atomic mass is 16.5. The first-order valence-corrected chi connectivity index (χ1v) is 9.33. The standard InChI is InChI=1S/C20H25N5O4/c1-12-8-17(14(3)24(12)6-7-28-5)18(26)10-29-19(27)9-16-13(2)23-20-21-11-22-25(20)15(16)4/h8,11H,6-7,9-10H2,1-5H3. The Labute approximate surface area is 168 Å². The van der Waals surface area contributed by atoms with E-state index in [0.717, 1.165) is 22.6 Å². The molecular formula is C20H25N5O4. The van der Waals surface area contributed by atoms with Crippen molar-refractivity contribution in [1.29, 1.82) is 0 Å². The molecule has 0 atom stereocenters. The Hall–Kier alpha value is -3.07. The summed E-state index contributed by atoms with van der Waals surface area (Å²) in [5.41, 5.74) is 4.55. The van der Waals surface area contributed by atoms with Gasteiger partial charge in [0, 0.05) is 47.6 Å². The van der Waals surface area contributed by atoms with E-state index in [1.54, 1.807) is 11.6 Å². The number of aromatic nitrogens is 5. The number of methoxy groups -OCH3 is 1. The van der Waals surface area contributed by atoms with Crippen molar-refractivity contribution in [3.05, 3.63) is 46.3 Å². The van der Waals surface area contributed by atoms with Crippen LogP contribution in [0.25, 0.3) is 5.78 Å². The molecule has 9 heteroatoms. The summed E-state index contributed by atoms with van der Waals surface area (Å²) < 4.78 is 14.0. The van der Waals surface area contributed by atoms with E-state index in [1.807, 2.05) is 38.3 Å². The third kappa shape index (κ3) is 4.19. The number of nitrogens with zero attached hydrogens (tertiary/aromatic N) is 5. The quantitative estimate of drug-likeness (QED) is 0.420. The molecule has 0 aliphatic heterocycles. The number of ether oxygens (including phenoxy) is 2. The van der Waals surface area contributed by atoms with Crippen LogP contribution in [0.4, 0.5) is 0 Å². The van der Waals surface area contributed by atoms with E-state index in [2.05, 4.69) is 15.1 Å². The summed E-state index contributed by atoms with van der Waals surface area (Å²) in [4.78, 5) is 33.3. The Balaban J connectivity index is 1.66. The summed E-state index contributed by atoms with van der Waals surface area (Å²) in [6.07, 6.45) is 1.43. The number of carbonyl (C=O) groups excluding carboxylic acids is 2. The zero-order chi connectivity index (χ0) is 21.1. The van der Waals surface area contributed by atoms with Gasteiger partial charge in [-0.3, -0.25) is 9.59 Å². The monoisotopic (exact) mass is 399 g/mol. The number of carbonyl (C=O) groups is 2. The molecule has 0 aromatic carbocycles. The van der Waals surface area contributed by atoms with Crippen LogP contribution in [0.5, 0.6) is 0 Å². The van der Waals surface area contributed by atoms with E-state index >= 15 is 0 Å². The van der Waals surface area contributed by atoms with Gasteiger partial charge >= 0.3 is 5.97 Å². The van der Waals surface area contributed by atoms with Crippen LogP contribution in [0.2, 0.25) is 0 Å². The first-order chi connectivity index (χ1) is 13.8. The van der Waals surface area contributed by atoms with Crippen LogP contribution in [0, 0.1) is 27.7 Å². The van der Waals surface area contributed by atoms with Crippen molar-refractivity contribution in [3.8, 4) is 0 Å². The fourth-order valence-electron chi connectivity index (χ4n) is 3.44. The second-order valence-electron chi connectivity index (χ2n) is 6.92. The van der Waals surface area contributed by atoms with Gasteiger partial charge in [-0.15, -0.1) is 0 Å². The van der Waals surface area contributed by atoms with Crippen LogP contribution in [-0.4, -0.2) is 56.2 Å². The van der Waals surface area contributed by atoms with Crippen LogP contribution in [0.3, 0.4) is 0 Å². The Morgan fingerprint density at radius 1 is 1.14 bits per heavy atom. The lowest BCUT2D eigenvalue weighted by Gasteiger charge is -2.10. The molecule has 3 aromatic rings. The Morgan fingerprint density at radius 3 is 2.62 bits per heavy atom. The van der Waals surface area contributed by atoms with E-state index < -0.39 is 5.97 Å². The summed E-state index contributed by atoms with van der Waals surface area (Å²) in [7, 11) is 1.64. The van der Waals surface area contributed by atoms with E-state index in [4.69, 9.17) is 9.47 Å². The van der Waals surface area contributed by atoms with Gasteiger partial charge in [-0.2, -0.15) is 10.1 Å². The molecule has 3 rings (SSSR count). The summed E-state index contributed by atoms with van der Waals surface area (Å²) in [5, 5.41) is 4.11. The van der Waals surface area contributed by atoms with Crippen molar-refractivity contribution in [1.82, 2.24) is 24.1 Å². The van der Waals surface area contributed by atoms with Gasteiger partial charge in [-0.1, -0.05) is 0 Å². The number of ketones is 1. The highest BCUT2D eigenvalue weighted by molar-refractivity contribution is 5.99. The summed E-state index contributed by atoms with van der Waals surface area (Å²) in [5.74, 6) is -0.233. The first kappa shape index (κ1) is 20.7. The molecule has 3 aromatic heterocycles. The predicted octanol–water partition coefficient (Wildman–Crippen LogP) is 1.77. The van der Waals surface area contributed by atoms with Crippen molar-refractivity contribution in [3.63, 3.8) is 0 Å². The minimum atomic E-state index is -0.487. The average Bonchev–Trinajstić information content (AvgIpc) is 3.26. The fourth-order valence-corrected chi connectivity index (χ4v) is 3.44. The molecule has 154 valence electrons. The van der Waals surface area contributed by atoms with Gasteiger partial charge in [-0.25, -0.2) is 9.50 Å². The minimum Gasteiger partial charge on any atom is -0.457 e. The topological polar surface area (TPSA) is 101 Å². The van der Waals surface area contributed by atoms with E-state index in [-0.39, 0.29) is 18.8 Å². The molecule has 0 amide bonds. The third-order valence-corrected chi connectivity index (χ3v) is 5.07. The maximum Gasteiger partial charge on any atom is 0.310 e. The van der Waals surface area contributed by atoms with Crippen molar-refractivity contribution in [2.45, 2.75) is 40.7 Å². The van der Waals surface area contributed by atoms with Crippen molar-refractivity contribution < 1.29 is 19.1 Å². The van der Waals surface area contributed by atoms with Crippen molar-refractivity contribution in [2.24, 2.45) is 0 Å². The molecule has 0 aliphatic rings. The van der Waals surface area contributed by atoms with Crippen LogP contribution >= 0.6 is 0 Å². The fraction of sp³-hybridized carbons (Fsp3) is 0.450. The second-order valence-corrected chi connectivity index (χ2v) is 6.92. The molecular weight excluding hydrogens is 374 g/mol. The summed E-state index contributed by atoms with van der Waals surface area (Å²) in [6, 6.07) is 1.82. The number of aryl methyl sites for hydroxylation is 3. The molecule has 0 bridgehead atoms. The molecule has 0 aliphatic carbocycles. The highest BCUT2D eigenvalue weighted by Gasteiger charge is 2.19. The molecule has 0 saturated heterocycles. The zero-order valence-electron chi connectivity index (χ0n) is 17.4. The van der Waals surface area contributed by atoms with Crippen LogP contribution in [0.1, 0.15) is 38.7 Å². The molecule has 3 heterocycles. The molecule has 0 unspecified atom stereocenters. The van der Waals surface area contributed by atoms with E-state index in [9.17, 15) is 9.59 Å². The van der Waals surface area contributed by atoms with Crippen molar-refractivity contribution >= 4 is 17.5 Å². The third-order valence-electron chi connectivity index (χ3n) is 5.07. The van der Waals surface area contributed by atoms with E-state index in [1.165, 1.54) is 6.33 Å². The minimum absolute atomic E-state index is 0.0145. The number of fused-ring (bicyclic) bond motifs is 1. The lowest BCUT2D eigenvalue weighted by atomic mass is 10.1. The average molecular weight is 399 g/mol. The molecule has 0 fully saturated rings. The maximum absolute atomic E-state index is 12.6. The normalized spacial score (nSPS) is 11.2. The molecule has 29 heavy (non-hydrogen) atoms. The number of rotatable bonds is 8. The molecule has 0 N–H and O–H groups in total. The Bertz CT molecular complexity index is 1070. The first-order valence-electron chi connectivity index (χ1n) is 9.33. The van der Waals surface area contributed by atoms with Gasteiger partial charge in [0.05, 0.1) is 13.0 Å². The van der Waals surface area contributed by atoms with Gasteiger partial charge in [-0.05, 0) is 33.8 Å². The van der Waals surface area contributed by atoms with Gasteiger partial charge in [0.15, 0.2) is 6.61 Å². The van der Waals surface area contributed by atoms with Gasteiger partial charge in [0.1, 0.15) is 6.33 Å². The van der Waals surface area contributed by atoms with Gasteiger partial charge in [0.25, 0.3) is 5.78 Å². The maximum atomic E-state index is 12.6. The molecule has 0 spiro atoms. The Kier molecular flexibility index (Phi) is 6.07. The summed E-state index contributed by atoms with van der Waals surface area (Å²) >= 11 is 0. The summed E-state index contributed by atoms with van der Waals surface area (Å²) in [6.45, 7) is 8.39. The Morgan fingerprint density at radius 2 is 1.90 bits per heavy atom. The van der Waals surface area contributed by atoms with Gasteiger partial charge < -0.3 is 14.0 Å². The lowest BCUT2D eigenvalue weighted by molar-refractivity contribution is -0.141. The molecule has 9 nitrogen and oxygen atoms in total. The SMILES string of the molecule is COCCn1c(C)cc(C(=O)COC(=O)Cc2c(C)nc3ncnn3c2C)c1C. The lowest BCUT2D eigenvalue weighted by Crippen LogP contribution is -2.18. The van der Waals surface area contributed by atoms with E-state index in [0.29, 0.717) is 30.2 Å². The number of hydrogen-bond acceptors (Lipinski definition) is 7. The van der Waals surface area contributed by atoms with Crippen LogP contribution in [-0.2, 0) is 27.2 Å². The molecule has 0 radical (unpaired) electrons. The largest absolute Gasteiger partial charge is 0.457 e. The highest BCUT2D eigenvalue weighted by Crippen LogP contribution is 2.17. The second kappa shape index (κ2) is 8.52. The predicted molar refractivity (Wildman–Crippen MR) is 105 cm³/mol. The van der Waals surface area contributed by atoms with Gasteiger partial charge in [0.2, 0.25) is 5.78 Å².